The number of aromatic carboxylic acids is 1. The standard InChI is InChI=1S/C17H24O4/c1-4-6-11-17(3,5-2)12-21-16(20)14-10-8-7-9-13(14)15(18)19/h7-10H,4-6,11-12H2,1-3H3,(H,18,19). The molecule has 1 atom stereocenters. The first-order valence-corrected chi connectivity index (χ1v) is 7.43. The van der Waals surface area contributed by atoms with Gasteiger partial charge < -0.3 is 9.84 Å². The second-order valence-electron chi connectivity index (χ2n) is 5.69. The summed E-state index contributed by atoms with van der Waals surface area (Å²) in [4.78, 5) is 23.2. The minimum absolute atomic E-state index is 0.0192. The molecule has 0 aliphatic heterocycles. The summed E-state index contributed by atoms with van der Waals surface area (Å²) in [6.07, 6.45) is 4.10. The topological polar surface area (TPSA) is 63.6 Å². The van der Waals surface area contributed by atoms with Crippen molar-refractivity contribution >= 4 is 11.9 Å². The molecule has 1 rings (SSSR count). The average Bonchev–Trinajstić information content (AvgIpc) is 2.50. The normalized spacial score (nSPS) is 13.5. The fourth-order valence-electron chi connectivity index (χ4n) is 2.12. The third-order valence-electron chi connectivity index (χ3n) is 3.92. The zero-order chi connectivity index (χ0) is 15.9. The molecule has 21 heavy (non-hydrogen) atoms. The lowest BCUT2D eigenvalue weighted by molar-refractivity contribution is 0.0277. The monoisotopic (exact) mass is 292 g/mol. The fraction of sp³-hybridized carbons (Fsp3) is 0.529. The molecular formula is C17H24O4. The van der Waals surface area contributed by atoms with Gasteiger partial charge in [-0.1, -0.05) is 45.7 Å². The highest BCUT2D eigenvalue weighted by Crippen LogP contribution is 2.29. The Kier molecular flexibility index (Phi) is 6.40. The molecule has 1 aromatic rings. The number of ether oxygens (including phenoxy) is 1. The fourth-order valence-corrected chi connectivity index (χ4v) is 2.12. The highest BCUT2D eigenvalue weighted by molar-refractivity contribution is 6.02. The molecule has 0 aliphatic rings. The summed E-state index contributed by atoms with van der Waals surface area (Å²) in [5, 5.41) is 9.10. The maximum absolute atomic E-state index is 12.1. The SMILES string of the molecule is CCCCC(C)(CC)COC(=O)c1ccccc1C(=O)O. The number of esters is 1. The van der Waals surface area contributed by atoms with Crippen molar-refractivity contribution in [2.45, 2.75) is 46.5 Å². The Balaban J connectivity index is 2.75. The summed E-state index contributed by atoms with van der Waals surface area (Å²) in [6, 6.07) is 6.13. The molecule has 116 valence electrons. The molecule has 0 saturated carbocycles. The van der Waals surface area contributed by atoms with E-state index in [1.54, 1.807) is 12.1 Å². The van der Waals surface area contributed by atoms with Crippen LogP contribution in [0.15, 0.2) is 24.3 Å². The maximum Gasteiger partial charge on any atom is 0.339 e. The molecule has 0 amide bonds. The van der Waals surface area contributed by atoms with Gasteiger partial charge in [-0.25, -0.2) is 9.59 Å². The smallest absolute Gasteiger partial charge is 0.339 e. The van der Waals surface area contributed by atoms with E-state index in [-0.39, 0.29) is 16.5 Å². The van der Waals surface area contributed by atoms with Crippen molar-refractivity contribution in [2.24, 2.45) is 5.41 Å². The molecule has 0 aromatic heterocycles. The van der Waals surface area contributed by atoms with Gasteiger partial charge in [0.15, 0.2) is 0 Å². The second kappa shape index (κ2) is 7.81. The Bertz CT molecular complexity index is 495. The Morgan fingerprint density at radius 1 is 1.19 bits per heavy atom. The molecule has 0 radical (unpaired) electrons. The molecule has 0 aliphatic carbocycles. The zero-order valence-electron chi connectivity index (χ0n) is 13.0. The van der Waals surface area contributed by atoms with Crippen molar-refractivity contribution in [3.63, 3.8) is 0 Å². The summed E-state index contributed by atoms with van der Waals surface area (Å²) in [6.45, 7) is 6.62. The van der Waals surface area contributed by atoms with Crippen molar-refractivity contribution in [3.05, 3.63) is 35.4 Å². The maximum atomic E-state index is 12.1. The summed E-state index contributed by atoms with van der Waals surface area (Å²) in [5.74, 6) is -1.68. The third kappa shape index (κ3) is 4.88. The first-order valence-electron chi connectivity index (χ1n) is 7.43. The van der Waals surface area contributed by atoms with E-state index in [0.717, 1.165) is 25.7 Å². The minimum atomic E-state index is -1.12. The molecule has 0 saturated heterocycles. The van der Waals surface area contributed by atoms with Crippen molar-refractivity contribution in [1.82, 2.24) is 0 Å². The van der Waals surface area contributed by atoms with Gasteiger partial charge in [0.25, 0.3) is 0 Å². The molecule has 0 bridgehead atoms. The predicted molar refractivity (Wildman–Crippen MR) is 81.6 cm³/mol. The van der Waals surface area contributed by atoms with Crippen LogP contribution in [0, 0.1) is 5.41 Å². The lowest BCUT2D eigenvalue weighted by Gasteiger charge is -2.27. The van der Waals surface area contributed by atoms with Crippen LogP contribution in [0.4, 0.5) is 0 Å². The number of rotatable bonds is 8. The van der Waals surface area contributed by atoms with Crippen LogP contribution in [0.25, 0.3) is 0 Å². The molecule has 1 unspecified atom stereocenters. The summed E-state index contributed by atoms with van der Waals surface area (Å²) >= 11 is 0. The largest absolute Gasteiger partial charge is 0.478 e. The average molecular weight is 292 g/mol. The van der Waals surface area contributed by atoms with E-state index in [9.17, 15) is 9.59 Å². The van der Waals surface area contributed by atoms with E-state index < -0.39 is 11.9 Å². The first kappa shape index (κ1) is 17.2. The lowest BCUT2D eigenvalue weighted by Crippen LogP contribution is -2.25. The number of carboxylic acids is 1. The van der Waals surface area contributed by atoms with Gasteiger partial charge in [0, 0.05) is 5.41 Å². The Morgan fingerprint density at radius 2 is 1.81 bits per heavy atom. The highest BCUT2D eigenvalue weighted by atomic mass is 16.5. The number of hydrogen-bond acceptors (Lipinski definition) is 3. The minimum Gasteiger partial charge on any atom is -0.478 e. The number of benzene rings is 1. The van der Waals surface area contributed by atoms with Crippen LogP contribution < -0.4 is 0 Å². The number of carbonyl (C=O) groups excluding carboxylic acids is 1. The molecule has 0 fully saturated rings. The van der Waals surface area contributed by atoms with Crippen LogP contribution in [0.1, 0.15) is 67.2 Å². The van der Waals surface area contributed by atoms with Gasteiger partial charge in [-0.2, -0.15) is 0 Å². The van der Waals surface area contributed by atoms with Gasteiger partial charge in [0.2, 0.25) is 0 Å². The number of unbranched alkanes of at least 4 members (excludes halogenated alkanes) is 1. The number of carboxylic acid groups (broad SMARTS) is 1. The van der Waals surface area contributed by atoms with Crippen LogP contribution in [-0.2, 0) is 4.74 Å². The molecule has 1 aromatic carbocycles. The van der Waals surface area contributed by atoms with Crippen molar-refractivity contribution < 1.29 is 19.4 Å². The number of carbonyl (C=O) groups is 2. The van der Waals surface area contributed by atoms with Crippen LogP contribution in [0.5, 0.6) is 0 Å². The van der Waals surface area contributed by atoms with E-state index >= 15 is 0 Å². The van der Waals surface area contributed by atoms with E-state index in [1.165, 1.54) is 12.1 Å². The van der Waals surface area contributed by atoms with E-state index in [0.29, 0.717) is 6.61 Å². The molecular weight excluding hydrogens is 268 g/mol. The van der Waals surface area contributed by atoms with Crippen molar-refractivity contribution in [2.75, 3.05) is 6.61 Å². The lowest BCUT2D eigenvalue weighted by atomic mass is 9.83. The highest BCUT2D eigenvalue weighted by Gasteiger charge is 2.25. The molecule has 4 nitrogen and oxygen atoms in total. The van der Waals surface area contributed by atoms with Crippen LogP contribution in [-0.4, -0.2) is 23.7 Å². The van der Waals surface area contributed by atoms with Gasteiger partial charge in [0.1, 0.15) is 0 Å². The first-order chi connectivity index (χ1) is 9.93. The Hall–Kier alpha value is -1.84. The Labute approximate surface area is 126 Å². The second-order valence-corrected chi connectivity index (χ2v) is 5.69. The van der Waals surface area contributed by atoms with Crippen LogP contribution in [0.3, 0.4) is 0 Å². The van der Waals surface area contributed by atoms with Crippen LogP contribution in [0.2, 0.25) is 0 Å². The predicted octanol–water partition coefficient (Wildman–Crippen LogP) is 4.15. The molecule has 0 heterocycles. The molecule has 4 heteroatoms. The molecule has 0 spiro atoms. The van der Waals surface area contributed by atoms with Gasteiger partial charge in [-0.15, -0.1) is 0 Å². The third-order valence-corrected chi connectivity index (χ3v) is 3.92. The number of hydrogen-bond donors (Lipinski definition) is 1. The molecule has 1 N–H and O–H groups in total. The van der Waals surface area contributed by atoms with E-state index in [4.69, 9.17) is 9.84 Å². The van der Waals surface area contributed by atoms with Crippen molar-refractivity contribution in [1.29, 1.82) is 0 Å². The van der Waals surface area contributed by atoms with E-state index in [2.05, 4.69) is 20.8 Å². The van der Waals surface area contributed by atoms with E-state index in [1.807, 2.05) is 0 Å². The quantitative estimate of drug-likeness (QED) is 0.731. The zero-order valence-corrected chi connectivity index (χ0v) is 13.0. The Morgan fingerprint density at radius 3 is 2.33 bits per heavy atom. The van der Waals surface area contributed by atoms with Gasteiger partial charge in [-0.05, 0) is 25.0 Å². The summed E-state index contributed by atoms with van der Waals surface area (Å²) in [7, 11) is 0. The van der Waals surface area contributed by atoms with Gasteiger partial charge in [0.05, 0.1) is 17.7 Å². The van der Waals surface area contributed by atoms with Gasteiger partial charge in [-0.3, -0.25) is 0 Å². The van der Waals surface area contributed by atoms with Crippen molar-refractivity contribution in [3.8, 4) is 0 Å². The summed E-state index contributed by atoms with van der Waals surface area (Å²) < 4.78 is 5.37. The van der Waals surface area contributed by atoms with Gasteiger partial charge >= 0.3 is 11.9 Å². The summed E-state index contributed by atoms with van der Waals surface area (Å²) in [5.41, 5.74) is 0.0392. The van der Waals surface area contributed by atoms with Crippen LogP contribution >= 0.6 is 0 Å².